The molecule has 1 aliphatic rings. The van der Waals surface area contributed by atoms with Gasteiger partial charge < -0.3 is 10.0 Å². The highest BCUT2D eigenvalue weighted by Crippen LogP contribution is 2.27. The number of benzene rings is 1. The molecule has 1 amide bonds. The molecule has 1 fully saturated rings. The summed E-state index contributed by atoms with van der Waals surface area (Å²) >= 11 is 0. The second kappa shape index (κ2) is 7.85. The first-order chi connectivity index (χ1) is 12.9. The molecule has 8 heteroatoms. The van der Waals surface area contributed by atoms with Gasteiger partial charge in [0, 0.05) is 18.7 Å². The molecule has 1 aromatic heterocycles. The molecule has 0 spiro atoms. The van der Waals surface area contributed by atoms with Crippen LogP contribution in [0.4, 0.5) is 0 Å². The van der Waals surface area contributed by atoms with E-state index in [9.17, 15) is 14.7 Å². The van der Waals surface area contributed by atoms with Crippen molar-refractivity contribution >= 4 is 11.9 Å². The lowest BCUT2D eigenvalue weighted by molar-refractivity contribution is -0.150. The summed E-state index contributed by atoms with van der Waals surface area (Å²) in [6.07, 6.45) is 0.465. The number of likely N-dealkylation sites (tertiary alicyclic amines) is 1. The Morgan fingerprint density at radius 2 is 1.93 bits per heavy atom. The van der Waals surface area contributed by atoms with Crippen molar-refractivity contribution in [3.05, 3.63) is 30.3 Å². The molecule has 8 nitrogen and oxygen atoms in total. The number of carboxylic acids is 1. The van der Waals surface area contributed by atoms with Crippen LogP contribution in [0.3, 0.4) is 0 Å². The number of nitrogens with zero attached hydrogens (tertiary/aromatic N) is 5. The summed E-state index contributed by atoms with van der Waals surface area (Å²) in [6.45, 7) is 6.63. The van der Waals surface area contributed by atoms with Crippen molar-refractivity contribution in [1.82, 2.24) is 25.1 Å². The molecule has 144 valence electrons. The predicted octanol–water partition coefficient (Wildman–Crippen LogP) is 2.11. The van der Waals surface area contributed by atoms with E-state index in [1.165, 1.54) is 4.80 Å². The fraction of sp³-hybridized carbons (Fsp3) is 0.526. The zero-order valence-electron chi connectivity index (χ0n) is 15.8. The molecule has 3 atom stereocenters. The average molecular weight is 371 g/mol. The minimum Gasteiger partial charge on any atom is -0.481 e. The maximum absolute atomic E-state index is 13.2. The van der Waals surface area contributed by atoms with E-state index >= 15 is 0 Å². The van der Waals surface area contributed by atoms with Crippen LogP contribution >= 0.6 is 0 Å². The maximum Gasteiger partial charge on any atom is 0.306 e. The van der Waals surface area contributed by atoms with Gasteiger partial charge in [0.15, 0.2) is 6.04 Å². The lowest BCUT2D eigenvalue weighted by Crippen LogP contribution is -2.48. The van der Waals surface area contributed by atoms with E-state index in [4.69, 9.17) is 0 Å². The van der Waals surface area contributed by atoms with Gasteiger partial charge in [-0.15, -0.1) is 10.2 Å². The van der Waals surface area contributed by atoms with Crippen molar-refractivity contribution in [2.75, 3.05) is 13.1 Å². The molecule has 0 radical (unpaired) electrons. The number of amides is 1. The summed E-state index contributed by atoms with van der Waals surface area (Å²) in [7, 11) is 0. The van der Waals surface area contributed by atoms with Gasteiger partial charge in [-0.3, -0.25) is 9.59 Å². The molecule has 3 rings (SSSR count). The number of carbonyl (C=O) groups excluding carboxylic acids is 1. The van der Waals surface area contributed by atoms with Crippen LogP contribution in [0.15, 0.2) is 30.3 Å². The molecule has 1 aromatic carbocycles. The number of carbonyl (C=O) groups is 2. The number of rotatable bonds is 5. The van der Waals surface area contributed by atoms with Crippen LogP contribution in [0.2, 0.25) is 0 Å². The lowest BCUT2D eigenvalue weighted by Gasteiger charge is -2.37. The van der Waals surface area contributed by atoms with Crippen molar-refractivity contribution in [1.29, 1.82) is 0 Å². The molecule has 0 aliphatic carbocycles. The van der Waals surface area contributed by atoms with Gasteiger partial charge in [0.2, 0.25) is 11.7 Å². The first kappa shape index (κ1) is 19.0. The quantitative estimate of drug-likeness (QED) is 0.864. The van der Waals surface area contributed by atoms with Crippen LogP contribution in [0, 0.1) is 17.8 Å². The molecule has 0 saturated carbocycles. The van der Waals surface area contributed by atoms with E-state index in [2.05, 4.69) is 15.4 Å². The molecule has 2 aromatic rings. The highest BCUT2D eigenvalue weighted by atomic mass is 16.4. The minimum absolute atomic E-state index is 0.0252. The van der Waals surface area contributed by atoms with Gasteiger partial charge in [-0.05, 0) is 23.5 Å². The van der Waals surface area contributed by atoms with Gasteiger partial charge in [0.25, 0.3) is 0 Å². The third kappa shape index (κ3) is 3.99. The van der Waals surface area contributed by atoms with E-state index < -0.39 is 17.9 Å². The van der Waals surface area contributed by atoms with Gasteiger partial charge in [0.1, 0.15) is 0 Å². The Balaban J connectivity index is 1.79. The minimum atomic E-state index is -0.791. The Hall–Kier alpha value is -2.77. The normalized spacial score (nSPS) is 21.3. The molecule has 1 saturated heterocycles. The van der Waals surface area contributed by atoms with E-state index in [-0.39, 0.29) is 17.7 Å². The van der Waals surface area contributed by atoms with Gasteiger partial charge in [-0.2, -0.15) is 4.80 Å². The summed E-state index contributed by atoms with van der Waals surface area (Å²) in [5.41, 5.74) is 0.842. The van der Waals surface area contributed by atoms with E-state index in [1.54, 1.807) is 4.90 Å². The highest BCUT2D eigenvalue weighted by Gasteiger charge is 2.37. The number of tetrazole rings is 1. The first-order valence-corrected chi connectivity index (χ1v) is 9.25. The monoisotopic (exact) mass is 371 g/mol. The topological polar surface area (TPSA) is 101 Å². The van der Waals surface area contributed by atoms with Crippen molar-refractivity contribution in [2.45, 2.75) is 33.2 Å². The van der Waals surface area contributed by atoms with Crippen LogP contribution in [0.25, 0.3) is 11.4 Å². The Labute approximate surface area is 158 Å². The summed E-state index contributed by atoms with van der Waals surface area (Å²) in [6, 6.07) is 8.93. The van der Waals surface area contributed by atoms with Crippen molar-refractivity contribution in [3.63, 3.8) is 0 Å². The lowest BCUT2D eigenvalue weighted by atomic mass is 9.86. The van der Waals surface area contributed by atoms with Gasteiger partial charge in [0.05, 0.1) is 5.92 Å². The van der Waals surface area contributed by atoms with Crippen molar-refractivity contribution in [3.8, 4) is 11.4 Å². The Kier molecular flexibility index (Phi) is 5.53. The maximum atomic E-state index is 13.2. The third-order valence-electron chi connectivity index (χ3n) is 5.13. The van der Waals surface area contributed by atoms with Crippen LogP contribution in [0.1, 0.15) is 33.2 Å². The third-order valence-corrected chi connectivity index (χ3v) is 5.13. The zero-order valence-corrected chi connectivity index (χ0v) is 15.8. The fourth-order valence-corrected chi connectivity index (χ4v) is 3.60. The van der Waals surface area contributed by atoms with E-state index in [0.29, 0.717) is 25.3 Å². The van der Waals surface area contributed by atoms with Crippen molar-refractivity contribution in [2.24, 2.45) is 17.8 Å². The summed E-state index contributed by atoms with van der Waals surface area (Å²) in [5, 5.41) is 21.9. The van der Waals surface area contributed by atoms with Crippen molar-refractivity contribution < 1.29 is 14.7 Å². The molecule has 27 heavy (non-hydrogen) atoms. The SMILES string of the molecule is CC(C)C(C(=O)N1CCC(C(=O)O)C(C)C1)n1nnc(-c2ccccc2)n1. The summed E-state index contributed by atoms with van der Waals surface area (Å²) < 4.78 is 0. The van der Waals surface area contributed by atoms with Crippen LogP contribution in [0.5, 0.6) is 0 Å². The Morgan fingerprint density at radius 1 is 1.22 bits per heavy atom. The van der Waals surface area contributed by atoms with Crippen LogP contribution in [-0.2, 0) is 9.59 Å². The standard InChI is InChI=1S/C19H25N5O3/c1-12(2)16(18(25)23-10-9-15(19(26)27)13(3)11-23)24-21-17(20-22-24)14-7-5-4-6-8-14/h4-8,12-13,15-16H,9-11H2,1-3H3,(H,26,27). The zero-order chi connectivity index (χ0) is 19.6. The number of aliphatic carboxylic acids is 1. The summed E-state index contributed by atoms with van der Waals surface area (Å²) in [5.74, 6) is -0.912. The fourth-order valence-electron chi connectivity index (χ4n) is 3.60. The largest absolute Gasteiger partial charge is 0.481 e. The number of aromatic nitrogens is 4. The Morgan fingerprint density at radius 3 is 2.52 bits per heavy atom. The molecule has 2 heterocycles. The predicted molar refractivity (Wildman–Crippen MR) is 98.6 cm³/mol. The van der Waals surface area contributed by atoms with Crippen LogP contribution in [-0.4, -0.2) is 55.2 Å². The molecule has 1 N–H and O–H groups in total. The molecule has 3 unspecified atom stereocenters. The highest BCUT2D eigenvalue weighted by molar-refractivity contribution is 5.81. The van der Waals surface area contributed by atoms with Crippen LogP contribution < -0.4 is 0 Å². The Bertz CT molecular complexity index is 805. The van der Waals surface area contributed by atoms with Gasteiger partial charge >= 0.3 is 5.97 Å². The second-order valence-corrected chi connectivity index (χ2v) is 7.48. The number of piperidine rings is 1. The molecule has 1 aliphatic heterocycles. The van der Waals surface area contributed by atoms with E-state index in [1.807, 2.05) is 51.1 Å². The number of hydrogen-bond acceptors (Lipinski definition) is 5. The van der Waals surface area contributed by atoms with Gasteiger partial charge in [-0.1, -0.05) is 51.1 Å². The number of carboxylic acid groups (broad SMARTS) is 1. The average Bonchev–Trinajstić information content (AvgIpc) is 3.11. The number of hydrogen-bond donors (Lipinski definition) is 1. The first-order valence-electron chi connectivity index (χ1n) is 9.25. The second-order valence-electron chi connectivity index (χ2n) is 7.48. The van der Waals surface area contributed by atoms with E-state index in [0.717, 1.165) is 5.56 Å². The molecular weight excluding hydrogens is 346 g/mol. The molecular formula is C19H25N5O3. The van der Waals surface area contributed by atoms with Gasteiger partial charge in [-0.25, -0.2) is 0 Å². The molecule has 0 bridgehead atoms. The smallest absolute Gasteiger partial charge is 0.306 e. The summed E-state index contributed by atoms with van der Waals surface area (Å²) in [4.78, 5) is 27.6.